The molecule has 0 fully saturated rings. The monoisotopic (exact) mass is 675 g/mol. The Morgan fingerprint density at radius 2 is 1.18 bits per heavy atom. The van der Waals surface area contributed by atoms with Crippen molar-refractivity contribution in [3.8, 4) is 28.3 Å². The second kappa shape index (κ2) is 13.9. The molecule has 7 aromatic carbocycles. The molecule has 0 saturated carbocycles. The molecule has 244 valence electrons. The Labute approximate surface area is 301 Å². The van der Waals surface area contributed by atoms with E-state index in [9.17, 15) is 0 Å². The number of nitriles is 1. The van der Waals surface area contributed by atoms with Crippen molar-refractivity contribution in [2.75, 3.05) is 0 Å². The van der Waals surface area contributed by atoms with Gasteiger partial charge < -0.3 is 5.32 Å². The summed E-state index contributed by atoms with van der Waals surface area (Å²) in [7, 11) is 0. The second-order valence-electron chi connectivity index (χ2n) is 12.7. The summed E-state index contributed by atoms with van der Waals surface area (Å²) in [6, 6.07) is 56.9. The van der Waals surface area contributed by atoms with E-state index >= 15 is 0 Å². The van der Waals surface area contributed by atoms with E-state index in [1.54, 1.807) is 6.07 Å². The number of thioether (sulfide) groups is 1. The first-order chi connectivity index (χ1) is 25.0. The van der Waals surface area contributed by atoms with E-state index in [-0.39, 0.29) is 22.2 Å². The van der Waals surface area contributed by atoms with Crippen LogP contribution in [0.5, 0.6) is 0 Å². The van der Waals surface area contributed by atoms with E-state index in [1.807, 2.05) is 24.3 Å². The number of nitrogens with one attached hydrogen (secondary N) is 3. The minimum Gasteiger partial charge on any atom is -0.363 e. The number of rotatable bonds is 6. The van der Waals surface area contributed by atoms with Gasteiger partial charge in [-0.25, -0.2) is 0 Å². The van der Waals surface area contributed by atoms with Crippen LogP contribution in [0.15, 0.2) is 163 Å². The molecule has 7 aromatic rings. The smallest absolute Gasteiger partial charge is 0.172 e. The van der Waals surface area contributed by atoms with E-state index in [1.165, 1.54) is 43.8 Å². The van der Waals surface area contributed by atoms with Crippen molar-refractivity contribution in [3.63, 3.8) is 0 Å². The van der Waals surface area contributed by atoms with Gasteiger partial charge in [0.1, 0.15) is 16.9 Å². The molecular weight excluding hydrogens is 643 g/mol. The highest BCUT2D eigenvalue weighted by Gasteiger charge is 2.27. The van der Waals surface area contributed by atoms with Gasteiger partial charge in [0.15, 0.2) is 5.04 Å². The summed E-state index contributed by atoms with van der Waals surface area (Å²) in [6.07, 6.45) is 0.775. The molecule has 6 heteroatoms. The summed E-state index contributed by atoms with van der Waals surface area (Å²) < 4.78 is 0. The topological polar surface area (TPSA) is 95.9 Å². The molecule has 1 aliphatic rings. The van der Waals surface area contributed by atoms with Crippen LogP contribution >= 0.6 is 11.8 Å². The molecule has 2 unspecified atom stereocenters. The molecular formula is C45H33N5S. The average molecular weight is 676 g/mol. The molecule has 0 bridgehead atoms. The number of hydrogen-bond acceptors (Lipinski definition) is 6. The zero-order valence-electron chi connectivity index (χ0n) is 27.7. The maximum Gasteiger partial charge on any atom is 0.172 e. The van der Waals surface area contributed by atoms with Crippen LogP contribution in [0.3, 0.4) is 0 Å². The number of benzene rings is 7. The molecule has 8 rings (SSSR count). The van der Waals surface area contributed by atoms with Crippen molar-refractivity contribution in [1.82, 2.24) is 5.32 Å². The lowest BCUT2D eigenvalue weighted by atomic mass is 9.89. The normalized spacial score (nSPS) is 15.5. The van der Waals surface area contributed by atoms with Gasteiger partial charge in [0, 0.05) is 11.1 Å². The lowest BCUT2D eigenvalue weighted by molar-refractivity contribution is 0.491. The van der Waals surface area contributed by atoms with Gasteiger partial charge in [-0.1, -0.05) is 146 Å². The highest BCUT2D eigenvalue weighted by Crippen LogP contribution is 2.38. The minimum atomic E-state index is -0.204. The highest BCUT2D eigenvalue weighted by atomic mass is 32.2. The predicted molar refractivity (Wildman–Crippen MR) is 213 cm³/mol. The Bertz CT molecular complexity index is 2520. The highest BCUT2D eigenvalue weighted by molar-refractivity contribution is 8.27. The largest absolute Gasteiger partial charge is 0.363 e. The minimum absolute atomic E-state index is 0.0109. The lowest BCUT2D eigenvalue weighted by Crippen LogP contribution is -2.35. The number of amidine groups is 1. The Kier molecular flexibility index (Phi) is 8.71. The molecule has 1 heterocycles. The third kappa shape index (κ3) is 6.55. The number of nitrogens with zero attached hydrogens (tertiary/aromatic N) is 2. The molecule has 1 aliphatic heterocycles. The van der Waals surface area contributed by atoms with Crippen molar-refractivity contribution < 1.29 is 0 Å². The second-order valence-corrected chi connectivity index (χ2v) is 13.7. The van der Waals surface area contributed by atoms with Crippen LogP contribution in [-0.4, -0.2) is 15.9 Å². The van der Waals surface area contributed by atoms with E-state index < -0.39 is 0 Å². The molecule has 0 aliphatic carbocycles. The molecule has 0 radical (unpaired) electrons. The molecule has 0 aromatic heterocycles. The Balaban J connectivity index is 1.18. The molecule has 0 saturated heterocycles. The van der Waals surface area contributed by atoms with Crippen LogP contribution in [0.2, 0.25) is 0 Å². The summed E-state index contributed by atoms with van der Waals surface area (Å²) in [5.74, 6) is 0.790. The van der Waals surface area contributed by atoms with Crippen LogP contribution in [0.25, 0.3) is 43.8 Å². The van der Waals surface area contributed by atoms with Gasteiger partial charge in [0.2, 0.25) is 0 Å². The van der Waals surface area contributed by atoms with Crippen molar-refractivity contribution in [1.29, 1.82) is 16.1 Å². The summed E-state index contributed by atoms with van der Waals surface area (Å²) in [5.41, 5.74) is 8.65. The van der Waals surface area contributed by atoms with Gasteiger partial charge in [-0.2, -0.15) is 5.26 Å². The molecule has 2 atom stereocenters. The van der Waals surface area contributed by atoms with Gasteiger partial charge in [-0.3, -0.25) is 15.8 Å². The summed E-state index contributed by atoms with van der Waals surface area (Å²) in [4.78, 5) is 5.32. The van der Waals surface area contributed by atoms with Crippen LogP contribution in [0.1, 0.15) is 40.8 Å². The average Bonchev–Trinajstić information content (AvgIpc) is 3.20. The standard InChI is InChI=1S/C45H33N5S/c46-28-43(47)51-44(48)31-21-23-32(24-22-31)45-49-41(35-15-5-13-33(25-35)39-19-7-11-29-9-1-3-17-37(29)39)27-42(50-45)36-16-6-14-34(26-36)40-20-8-12-30-10-2-4-18-38(30)40/h1-26,41-42,47-48H,27H2,(H,49,50). The van der Waals surface area contributed by atoms with Crippen molar-refractivity contribution in [2.45, 2.75) is 18.5 Å². The SMILES string of the molecule is N#CC(=N)SC(=N)c1ccc(C2=NC(c3cccc(-c4cccc5ccccc45)c3)CC(c3cccc(-c4cccc5ccccc45)c3)N2)cc1. The van der Waals surface area contributed by atoms with Crippen molar-refractivity contribution >= 4 is 49.2 Å². The van der Waals surface area contributed by atoms with Crippen LogP contribution in [0.4, 0.5) is 0 Å². The first-order valence-electron chi connectivity index (χ1n) is 16.9. The Morgan fingerprint density at radius 3 is 1.80 bits per heavy atom. The first-order valence-corrected chi connectivity index (χ1v) is 17.7. The fourth-order valence-electron chi connectivity index (χ4n) is 7.03. The van der Waals surface area contributed by atoms with Gasteiger partial charge >= 0.3 is 0 Å². The number of fused-ring (bicyclic) bond motifs is 2. The van der Waals surface area contributed by atoms with E-state index in [2.05, 4.69) is 139 Å². The maximum absolute atomic E-state index is 9.02. The Morgan fingerprint density at radius 1 is 0.627 bits per heavy atom. The summed E-state index contributed by atoms with van der Waals surface area (Å²) in [6.45, 7) is 0. The Hall–Kier alpha value is -6.29. The quantitative estimate of drug-likeness (QED) is 0.121. The van der Waals surface area contributed by atoms with Gasteiger partial charge in [-0.05, 0) is 85.2 Å². The summed E-state index contributed by atoms with van der Waals surface area (Å²) >= 11 is 0.849. The van der Waals surface area contributed by atoms with E-state index in [4.69, 9.17) is 21.1 Å². The zero-order chi connectivity index (χ0) is 34.7. The van der Waals surface area contributed by atoms with Gasteiger partial charge in [0.05, 0.1) is 12.1 Å². The van der Waals surface area contributed by atoms with Crippen molar-refractivity contribution in [3.05, 3.63) is 180 Å². The zero-order valence-corrected chi connectivity index (χ0v) is 28.5. The third-order valence-electron chi connectivity index (χ3n) is 9.54. The summed E-state index contributed by atoms with van der Waals surface area (Å²) in [5, 5.41) is 33.7. The van der Waals surface area contributed by atoms with Crippen LogP contribution in [-0.2, 0) is 0 Å². The molecule has 0 spiro atoms. The fourth-order valence-corrected chi connectivity index (χ4v) is 7.54. The van der Waals surface area contributed by atoms with Gasteiger partial charge in [0.25, 0.3) is 0 Å². The first kappa shape index (κ1) is 31.9. The van der Waals surface area contributed by atoms with Crippen LogP contribution in [0, 0.1) is 22.1 Å². The molecule has 51 heavy (non-hydrogen) atoms. The molecule has 0 amide bonds. The fraction of sp³-hybridized carbons (Fsp3) is 0.0667. The third-order valence-corrected chi connectivity index (χ3v) is 10.3. The molecule has 3 N–H and O–H groups in total. The van der Waals surface area contributed by atoms with E-state index in [0.29, 0.717) is 5.56 Å². The lowest BCUT2D eigenvalue weighted by Gasteiger charge is -2.31. The maximum atomic E-state index is 9.02. The van der Waals surface area contributed by atoms with Crippen molar-refractivity contribution in [2.24, 2.45) is 4.99 Å². The van der Waals surface area contributed by atoms with Crippen LogP contribution < -0.4 is 5.32 Å². The molecule has 5 nitrogen and oxygen atoms in total. The van der Waals surface area contributed by atoms with E-state index in [0.717, 1.165) is 40.7 Å². The number of aliphatic imine (C=N–C) groups is 1. The van der Waals surface area contributed by atoms with Gasteiger partial charge in [-0.15, -0.1) is 0 Å². The number of hydrogen-bond donors (Lipinski definition) is 3. The predicted octanol–water partition coefficient (Wildman–Crippen LogP) is 11.1.